The highest BCUT2D eigenvalue weighted by atomic mass is 32.2. The van der Waals surface area contributed by atoms with Crippen molar-refractivity contribution in [2.75, 3.05) is 13.9 Å². The highest BCUT2D eigenvalue weighted by molar-refractivity contribution is 7.88. The number of aldehydes is 1. The van der Waals surface area contributed by atoms with Crippen molar-refractivity contribution >= 4 is 22.1 Å². The Labute approximate surface area is 128 Å². The topological polar surface area (TPSA) is 108 Å². The molecule has 12 heteroatoms. The standard InChI is InChI=1S/C11H10F3NO7S/c1-6-7(4-16)8(21-5-20-2)3-9(10(6)15-17)22-23(18,19)11(12,13)14/h3-4H,5H2,1-2H3. The van der Waals surface area contributed by atoms with Crippen LogP contribution in [0, 0.1) is 11.8 Å². The van der Waals surface area contributed by atoms with Crippen LogP contribution in [0.4, 0.5) is 18.9 Å². The van der Waals surface area contributed by atoms with E-state index in [-0.39, 0.29) is 30.0 Å². The Kier molecular flexibility index (Phi) is 5.66. The quantitative estimate of drug-likeness (QED) is 0.242. The van der Waals surface area contributed by atoms with Crippen LogP contribution in [0.25, 0.3) is 0 Å². The molecule has 0 bridgehead atoms. The maximum absolute atomic E-state index is 12.4. The highest BCUT2D eigenvalue weighted by Crippen LogP contribution is 2.41. The molecular weight excluding hydrogens is 347 g/mol. The summed E-state index contributed by atoms with van der Waals surface area (Å²) in [4.78, 5) is 21.8. The van der Waals surface area contributed by atoms with Crippen molar-refractivity contribution in [3.05, 3.63) is 22.1 Å². The molecule has 0 saturated heterocycles. The molecule has 23 heavy (non-hydrogen) atoms. The van der Waals surface area contributed by atoms with E-state index in [4.69, 9.17) is 4.74 Å². The summed E-state index contributed by atoms with van der Waals surface area (Å²) in [5, 5.41) is 2.41. The van der Waals surface area contributed by atoms with Crippen LogP contribution in [0.2, 0.25) is 0 Å². The van der Waals surface area contributed by atoms with Crippen LogP contribution in [0.3, 0.4) is 0 Å². The van der Waals surface area contributed by atoms with Gasteiger partial charge in [-0.25, -0.2) is 0 Å². The van der Waals surface area contributed by atoms with Crippen molar-refractivity contribution in [2.45, 2.75) is 12.4 Å². The van der Waals surface area contributed by atoms with E-state index in [2.05, 4.69) is 14.1 Å². The fourth-order valence-corrected chi connectivity index (χ4v) is 1.95. The van der Waals surface area contributed by atoms with Crippen LogP contribution in [0.1, 0.15) is 15.9 Å². The number of hydrogen-bond donors (Lipinski definition) is 0. The molecule has 8 nitrogen and oxygen atoms in total. The molecule has 0 aliphatic heterocycles. The molecule has 0 amide bonds. The second-order valence-corrected chi connectivity index (χ2v) is 5.54. The molecule has 1 aromatic carbocycles. The largest absolute Gasteiger partial charge is 0.534 e. The summed E-state index contributed by atoms with van der Waals surface area (Å²) in [5.74, 6) is -1.36. The molecule has 0 atom stereocenters. The summed E-state index contributed by atoms with van der Waals surface area (Å²) in [5.41, 5.74) is -6.91. The van der Waals surface area contributed by atoms with Crippen molar-refractivity contribution in [3.8, 4) is 11.5 Å². The average molecular weight is 357 g/mol. The van der Waals surface area contributed by atoms with Crippen molar-refractivity contribution in [1.82, 2.24) is 0 Å². The lowest BCUT2D eigenvalue weighted by atomic mass is 10.1. The van der Waals surface area contributed by atoms with Gasteiger partial charge in [0.05, 0.1) is 5.56 Å². The summed E-state index contributed by atoms with van der Waals surface area (Å²) < 4.78 is 72.7. The Hall–Kier alpha value is -2.21. The van der Waals surface area contributed by atoms with E-state index in [1.165, 1.54) is 7.11 Å². The minimum Gasteiger partial charge on any atom is -0.467 e. The molecular formula is C11H10F3NO7S. The predicted octanol–water partition coefficient (Wildman–Crippen LogP) is 2.42. The minimum atomic E-state index is -6.03. The van der Waals surface area contributed by atoms with Gasteiger partial charge in [0, 0.05) is 13.2 Å². The van der Waals surface area contributed by atoms with Crippen molar-refractivity contribution in [3.63, 3.8) is 0 Å². The monoisotopic (exact) mass is 357 g/mol. The molecule has 1 rings (SSSR count). The first-order valence-electron chi connectivity index (χ1n) is 5.67. The van der Waals surface area contributed by atoms with Crippen LogP contribution in [0.15, 0.2) is 11.2 Å². The van der Waals surface area contributed by atoms with Gasteiger partial charge in [-0.1, -0.05) is 0 Å². The van der Waals surface area contributed by atoms with Crippen molar-refractivity contribution < 1.29 is 40.0 Å². The third-order valence-electron chi connectivity index (χ3n) is 2.54. The van der Waals surface area contributed by atoms with Gasteiger partial charge >= 0.3 is 15.6 Å². The molecule has 0 aromatic heterocycles. The highest BCUT2D eigenvalue weighted by Gasteiger charge is 2.49. The molecule has 0 saturated carbocycles. The van der Waals surface area contributed by atoms with E-state index < -0.39 is 27.1 Å². The van der Waals surface area contributed by atoms with Crippen LogP contribution in [-0.2, 0) is 14.9 Å². The number of hydrogen-bond acceptors (Lipinski definition) is 8. The Morgan fingerprint density at radius 1 is 1.30 bits per heavy atom. The summed E-state index contributed by atoms with van der Waals surface area (Å²) in [7, 11) is -4.79. The zero-order valence-electron chi connectivity index (χ0n) is 11.7. The van der Waals surface area contributed by atoms with E-state index in [1.807, 2.05) is 0 Å². The van der Waals surface area contributed by atoms with E-state index in [1.54, 1.807) is 0 Å². The number of ether oxygens (including phenoxy) is 2. The summed E-state index contributed by atoms with van der Waals surface area (Å²) >= 11 is 0. The molecule has 0 radical (unpaired) electrons. The molecule has 0 spiro atoms. The second-order valence-electron chi connectivity index (χ2n) is 4.00. The third-order valence-corrected chi connectivity index (χ3v) is 3.51. The van der Waals surface area contributed by atoms with Gasteiger partial charge in [0.25, 0.3) is 0 Å². The van der Waals surface area contributed by atoms with Crippen LogP contribution in [0.5, 0.6) is 11.5 Å². The van der Waals surface area contributed by atoms with E-state index in [9.17, 15) is 31.3 Å². The first-order chi connectivity index (χ1) is 10.6. The zero-order valence-corrected chi connectivity index (χ0v) is 12.5. The van der Waals surface area contributed by atoms with Gasteiger partial charge in [0.15, 0.2) is 24.5 Å². The Morgan fingerprint density at radius 3 is 2.35 bits per heavy atom. The van der Waals surface area contributed by atoms with Crippen molar-refractivity contribution in [1.29, 1.82) is 0 Å². The number of carbonyl (C=O) groups is 1. The van der Waals surface area contributed by atoms with Gasteiger partial charge in [-0.3, -0.25) is 4.79 Å². The van der Waals surface area contributed by atoms with E-state index in [0.717, 1.165) is 6.92 Å². The second kappa shape index (κ2) is 6.91. The molecule has 0 aliphatic carbocycles. The Bertz CT molecular complexity index is 715. The molecule has 128 valence electrons. The average Bonchev–Trinajstić information content (AvgIpc) is 2.43. The van der Waals surface area contributed by atoms with Gasteiger partial charge in [-0.2, -0.15) is 21.6 Å². The zero-order chi connectivity index (χ0) is 17.8. The number of nitrogens with zero attached hydrogens (tertiary/aromatic N) is 1. The number of carbonyl (C=O) groups excluding carboxylic acids is 1. The van der Waals surface area contributed by atoms with Crippen LogP contribution >= 0.6 is 0 Å². The first kappa shape index (κ1) is 18.8. The fourth-order valence-electron chi connectivity index (χ4n) is 1.49. The minimum absolute atomic E-state index is 0.212. The van der Waals surface area contributed by atoms with Crippen LogP contribution < -0.4 is 8.92 Å². The molecule has 1 aromatic rings. The van der Waals surface area contributed by atoms with Crippen molar-refractivity contribution in [2.24, 2.45) is 5.18 Å². The summed E-state index contributed by atoms with van der Waals surface area (Å²) in [6.07, 6.45) is 0.261. The predicted molar refractivity (Wildman–Crippen MR) is 70.1 cm³/mol. The first-order valence-corrected chi connectivity index (χ1v) is 7.08. The lowest BCUT2D eigenvalue weighted by Gasteiger charge is -2.15. The molecule has 0 N–H and O–H groups in total. The van der Waals surface area contributed by atoms with Gasteiger partial charge < -0.3 is 13.7 Å². The van der Waals surface area contributed by atoms with Gasteiger partial charge in [0.2, 0.25) is 0 Å². The number of methoxy groups -OCH3 is 1. The lowest BCUT2D eigenvalue weighted by molar-refractivity contribution is -0.0500. The Morgan fingerprint density at radius 2 is 1.91 bits per heavy atom. The fraction of sp³-hybridized carbons (Fsp3) is 0.364. The lowest BCUT2D eigenvalue weighted by Crippen LogP contribution is -2.28. The van der Waals surface area contributed by atoms with E-state index in [0.29, 0.717) is 6.07 Å². The van der Waals surface area contributed by atoms with Crippen LogP contribution in [-0.4, -0.2) is 34.1 Å². The normalized spacial score (nSPS) is 11.9. The molecule has 0 aliphatic rings. The van der Waals surface area contributed by atoms with Gasteiger partial charge in [-0.05, 0) is 17.7 Å². The summed E-state index contributed by atoms with van der Waals surface area (Å²) in [6.45, 7) is 0.771. The Balaban J connectivity index is 3.50. The number of rotatable bonds is 7. The number of halogens is 3. The SMILES string of the molecule is COCOc1cc(OS(=O)(=O)C(F)(F)F)c(N=O)c(C)c1C=O. The van der Waals surface area contributed by atoms with Gasteiger partial charge in [0.1, 0.15) is 5.75 Å². The number of alkyl halides is 3. The maximum Gasteiger partial charge on any atom is 0.534 e. The summed E-state index contributed by atoms with van der Waals surface area (Å²) in [6, 6.07) is 0.635. The number of nitroso groups, excluding NO2 is 1. The van der Waals surface area contributed by atoms with Gasteiger partial charge in [-0.15, -0.1) is 4.91 Å². The molecule has 0 heterocycles. The number of benzene rings is 1. The smallest absolute Gasteiger partial charge is 0.467 e. The third kappa shape index (κ3) is 3.96. The molecule has 0 fully saturated rings. The maximum atomic E-state index is 12.4. The molecule has 0 unspecified atom stereocenters. The van der Waals surface area contributed by atoms with E-state index >= 15 is 0 Å².